The van der Waals surface area contributed by atoms with Crippen LogP contribution in [0.1, 0.15) is 13.8 Å². The minimum absolute atomic E-state index is 0.153. The third-order valence-electron chi connectivity index (χ3n) is 2.92. The van der Waals surface area contributed by atoms with E-state index in [2.05, 4.69) is 32.6 Å². The van der Waals surface area contributed by atoms with Gasteiger partial charge < -0.3 is 9.88 Å². The molecule has 0 radical (unpaired) electrons. The first kappa shape index (κ1) is 16.6. The van der Waals surface area contributed by atoms with Gasteiger partial charge in [0.15, 0.2) is 10.3 Å². The van der Waals surface area contributed by atoms with E-state index in [4.69, 9.17) is 12.2 Å². The number of rotatable bonds is 5. The lowest BCUT2D eigenvalue weighted by atomic mass is 10.3. The number of aromatic nitrogens is 2. The van der Waals surface area contributed by atoms with E-state index >= 15 is 0 Å². The zero-order valence-corrected chi connectivity index (χ0v) is 14.2. The Hall–Kier alpha value is -1.80. The number of aryl methyl sites for hydroxylation is 1. The Balaban J connectivity index is 1.94. The summed E-state index contributed by atoms with van der Waals surface area (Å²) < 4.78 is 2.10. The first-order valence-electron chi connectivity index (χ1n) is 7.06. The van der Waals surface area contributed by atoms with Crippen LogP contribution in [0.3, 0.4) is 0 Å². The highest BCUT2D eigenvalue weighted by molar-refractivity contribution is 7.99. The normalized spacial score (nSPS) is 10.5. The Morgan fingerprint density at radius 2 is 2.09 bits per heavy atom. The summed E-state index contributed by atoms with van der Waals surface area (Å²) in [4.78, 5) is 16.4. The van der Waals surface area contributed by atoms with Gasteiger partial charge in [-0.1, -0.05) is 23.9 Å². The van der Waals surface area contributed by atoms with Crippen LogP contribution in [0, 0.1) is 0 Å². The Kier molecular flexibility index (Phi) is 6.02. The molecule has 2 aromatic rings. The molecule has 22 heavy (non-hydrogen) atoms. The molecular weight excluding hydrogens is 318 g/mol. The van der Waals surface area contributed by atoms with E-state index in [1.54, 1.807) is 0 Å². The number of para-hydroxylation sites is 2. The highest BCUT2D eigenvalue weighted by atomic mass is 32.2. The number of hydrogen-bond donors (Lipinski definition) is 3. The van der Waals surface area contributed by atoms with Crippen molar-refractivity contribution < 1.29 is 4.79 Å². The summed E-state index contributed by atoms with van der Waals surface area (Å²) in [7, 11) is 0. The van der Waals surface area contributed by atoms with Gasteiger partial charge in [0, 0.05) is 13.1 Å². The van der Waals surface area contributed by atoms with Crippen LogP contribution in [-0.2, 0) is 11.3 Å². The molecule has 0 fully saturated rings. The smallest absolute Gasteiger partial charge is 0.248 e. The minimum atomic E-state index is -0.153. The van der Waals surface area contributed by atoms with Gasteiger partial charge in [0.25, 0.3) is 0 Å². The number of hydrogen-bond acceptors (Lipinski definition) is 4. The molecule has 1 amide bonds. The maximum Gasteiger partial charge on any atom is 0.248 e. The molecule has 1 heterocycles. The van der Waals surface area contributed by atoms with E-state index in [-0.39, 0.29) is 11.7 Å². The van der Waals surface area contributed by atoms with Gasteiger partial charge in [-0.2, -0.15) is 0 Å². The highest BCUT2D eigenvalue weighted by Crippen LogP contribution is 2.23. The summed E-state index contributed by atoms with van der Waals surface area (Å²) >= 11 is 6.38. The van der Waals surface area contributed by atoms with Crippen molar-refractivity contribution >= 4 is 46.0 Å². The van der Waals surface area contributed by atoms with E-state index in [9.17, 15) is 4.79 Å². The van der Waals surface area contributed by atoms with Gasteiger partial charge in [0.1, 0.15) is 0 Å². The number of benzene rings is 1. The Morgan fingerprint density at radius 3 is 2.82 bits per heavy atom. The maximum absolute atomic E-state index is 11.8. The lowest BCUT2D eigenvalue weighted by molar-refractivity contribution is -0.119. The second-order valence-corrected chi connectivity index (χ2v) is 5.80. The molecule has 0 aliphatic heterocycles. The summed E-state index contributed by atoms with van der Waals surface area (Å²) in [6.45, 7) is 5.51. The largest absolute Gasteiger partial charge is 0.362 e. The summed E-state index contributed by atoms with van der Waals surface area (Å²) in [6, 6.07) is 7.96. The van der Waals surface area contributed by atoms with Crippen LogP contribution in [0.2, 0.25) is 0 Å². The van der Waals surface area contributed by atoms with Gasteiger partial charge in [-0.3, -0.25) is 15.6 Å². The molecule has 0 aliphatic rings. The second-order valence-electron chi connectivity index (χ2n) is 4.45. The third kappa shape index (κ3) is 4.11. The van der Waals surface area contributed by atoms with Gasteiger partial charge in [-0.25, -0.2) is 4.98 Å². The fourth-order valence-corrected chi connectivity index (χ4v) is 3.04. The van der Waals surface area contributed by atoms with Gasteiger partial charge in [0.2, 0.25) is 5.91 Å². The summed E-state index contributed by atoms with van der Waals surface area (Å²) in [5.74, 6) is 0.116. The number of carbonyl (C=O) groups excluding carboxylic acids is 1. The lowest BCUT2D eigenvalue weighted by Gasteiger charge is -2.10. The standard InChI is InChI=1S/C14H19N5OS2/c1-3-15-13(21)18-17-12(20)9-22-14-16-10-7-5-6-8-11(10)19(14)4-2/h5-8H,3-4,9H2,1-2H3,(H,17,20)(H2,15,18,21). The molecule has 118 valence electrons. The molecule has 1 aromatic heterocycles. The van der Waals surface area contributed by atoms with E-state index in [0.717, 1.165) is 22.7 Å². The SMILES string of the molecule is CCNC(=S)NNC(=O)CSc1nc2ccccc2n1CC. The topological polar surface area (TPSA) is 71.0 Å². The van der Waals surface area contributed by atoms with Crippen LogP contribution in [0.25, 0.3) is 11.0 Å². The van der Waals surface area contributed by atoms with Crippen molar-refractivity contribution in [2.24, 2.45) is 0 Å². The molecule has 2 rings (SSSR count). The van der Waals surface area contributed by atoms with Gasteiger partial charge in [0.05, 0.1) is 16.8 Å². The zero-order chi connectivity index (χ0) is 15.9. The predicted octanol–water partition coefficient (Wildman–Crippen LogP) is 1.66. The number of carbonyl (C=O) groups is 1. The third-order valence-corrected chi connectivity index (χ3v) is 4.14. The molecule has 0 saturated carbocycles. The van der Waals surface area contributed by atoms with Crippen LogP contribution >= 0.6 is 24.0 Å². The van der Waals surface area contributed by atoms with Crippen molar-refractivity contribution in [2.75, 3.05) is 12.3 Å². The number of nitrogens with one attached hydrogen (secondary N) is 3. The highest BCUT2D eigenvalue weighted by Gasteiger charge is 2.11. The zero-order valence-electron chi connectivity index (χ0n) is 12.5. The second kappa shape index (κ2) is 8.00. The van der Waals surface area contributed by atoms with Gasteiger partial charge >= 0.3 is 0 Å². The molecule has 6 nitrogen and oxygen atoms in total. The molecule has 8 heteroatoms. The first-order chi connectivity index (χ1) is 10.7. The van der Waals surface area contributed by atoms with Crippen LogP contribution in [0.15, 0.2) is 29.4 Å². The van der Waals surface area contributed by atoms with E-state index in [1.807, 2.05) is 31.2 Å². The fraction of sp³-hybridized carbons (Fsp3) is 0.357. The predicted molar refractivity (Wildman–Crippen MR) is 93.7 cm³/mol. The van der Waals surface area contributed by atoms with Crippen molar-refractivity contribution in [1.29, 1.82) is 0 Å². The Bertz CT molecular complexity index is 670. The van der Waals surface area contributed by atoms with Gasteiger partial charge in [-0.15, -0.1) is 0 Å². The number of fused-ring (bicyclic) bond motifs is 1. The number of thiocarbonyl (C=S) groups is 1. The van der Waals surface area contributed by atoms with Crippen molar-refractivity contribution in [3.63, 3.8) is 0 Å². The fourth-order valence-electron chi connectivity index (χ4n) is 1.97. The summed E-state index contributed by atoms with van der Waals surface area (Å²) in [5, 5.41) is 4.14. The monoisotopic (exact) mass is 337 g/mol. The number of amides is 1. The first-order valence-corrected chi connectivity index (χ1v) is 8.45. The van der Waals surface area contributed by atoms with Gasteiger partial charge in [-0.05, 0) is 38.2 Å². The summed E-state index contributed by atoms with van der Waals surface area (Å²) in [6.07, 6.45) is 0. The van der Waals surface area contributed by atoms with Crippen LogP contribution in [-0.4, -0.2) is 32.9 Å². The van der Waals surface area contributed by atoms with Crippen molar-refractivity contribution in [3.05, 3.63) is 24.3 Å². The molecule has 0 atom stereocenters. The Morgan fingerprint density at radius 1 is 1.32 bits per heavy atom. The number of hydrazine groups is 1. The summed E-state index contributed by atoms with van der Waals surface area (Å²) in [5.41, 5.74) is 7.24. The molecule has 0 spiro atoms. The average Bonchev–Trinajstić information content (AvgIpc) is 2.88. The minimum Gasteiger partial charge on any atom is -0.362 e. The maximum atomic E-state index is 11.8. The number of thioether (sulfide) groups is 1. The number of nitrogens with zero attached hydrogens (tertiary/aromatic N) is 2. The van der Waals surface area contributed by atoms with Crippen LogP contribution in [0.5, 0.6) is 0 Å². The average molecular weight is 337 g/mol. The number of imidazole rings is 1. The van der Waals surface area contributed by atoms with Crippen LogP contribution in [0.4, 0.5) is 0 Å². The quantitative estimate of drug-likeness (QED) is 0.438. The van der Waals surface area contributed by atoms with E-state index in [0.29, 0.717) is 11.7 Å². The molecule has 0 bridgehead atoms. The molecular formula is C14H19N5OS2. The van der Waals surface area contributed by atoms with E-state index in [1.165, 1.54) is 11.8 Å². The molecule has 3 N–H and O–H groups in total. The lowest BCUT2D eigenvalue weighted by Crippen LogP contribution is -2.47. The Labute approximate surface area is 139 Å². The van der Waals surface area contributed by atoms with Crippen molar-refractivity contribution in [1.82, 2.24) is 25.7 Å². The van der Waals surface area contributed by atoms with Crippen molar-refractivity contribution in [3.8, 4) is 0 Å². The van der Waals surface area contributed by atoms with Crippen molar-refractivity contribution in [2.45, 2.75) is 25.5 Å². The molecule has 1 aromatic carbocycles. The van der Waals surface area contributed by atoms with E-state index < -0.39 is 0 Å². The molecule has 0 saturated heterocycles. The molecule has 0 aliphatic carbocycles. The molecule has 0 unspecified atom stereocenters. The van der Waals surface area contributed by atoms with Crippen LogP contribution < -0.4 is 16.2 Å².